The van der Waals surface area contributed by atoms with Crippen molar-refractivity contribution in [1.29, 1.82) is 0 Å². The van der Waals surface area contributed by atoms with Crippen LogP contribution in [0.4, 0.5) is 0 Å². The molecule has 2 aromatic rings. The first kappa shape index (κ1) is 25.5. The zero-order valence-corrected chi connectivity index (χ0v) is 17.1. The molecule has 0 aliphatic rings. The zero-order valence-electron chi connectivity index (χ0n) is 13.3. The van der Waals surface area contributed by atoms with Gasteiger partial charge in [0, 0.05) is 0 Å². The third-order valence-corrected chi connectivity index (χ3v) is 4.48. The maximum Gasteiger partial charge on any atom is 2.00 e. The van der Waals surface area contributed by atoms with Gasteiger partial charge in [-0.15, -0.1) is 0 Å². The van der Waals surface area contributed by atoms with Crippen LogP contribution >= 0.6 is 0 Å². The normalized spacial score (nSPS) is 10.7. The summed E-state index contributed by atoms with van der Waals surface area (Å²) in [4.78, 5) is 19.8. The third-order valence-electron chi connectivity index (χ3n) is 2.78. The second-order valence-corrected chi connectivity index (χ2v) is 7.33. The van der Waals surface area contributed by atoms with Gasteiger partial charge >= 0.3 is 49.7 Å². The molecule has 0 spiro atoms. The maximum atomic E-state index is 10.4. The number of carbonyl (C=O) groups is 2. The minimum Gasteiger partial charge on any atom is -0.744 e. The van der Waals surface area contributed by atoms with Crippen LogP contribution in [0.2, 0.25) is 0 Å². The van der Waals surface area contributed by atoms with E-state index in [1.807, 2.05) is 0 Å². The van der Waals surface area contributed by atoms with E-state index in [1.54, 1.807) is 0 Å². The van der Waals surface area contributed by atoms with Crippen molar-refractivity contribution in [2.45, 2.75) is 9.79 Å². The van der Waals surface area contributed by atoms with Crippen molar-refractivity contribution in [2.75, 3.05) is 0 Å². The minimum absolute atomic E-state index is 0. The van der Waals surface area contributed by atoms with Crippen LogP contribution in [-0.2, 0) is 20.2 Å². The molecule has 0 saturated carbocycles. The Morgan fingerprint density at radius 2 is 0.852 bits per heavy atom. The van der Waals surface area contributed by atoms with Gasteiger partial charge in [0.15, 0.2) is 0 Å². The maximum absolute atomic E-state index is 10.4. The van der Waals surface area contributed by atoms with Crippen LogP contribution in [0.1, 0.15) is 20.7 Å². The van der Waals surface area contributed by atoms with Gasteiger partial charge in [0.2, 0.25) is 0 Å². The fourth-order valence-corrected chi connectivity index (χ4v) is 2.47. The Bertz CT molecular complexity index is 925. The Balaban J connectivity index is 0.000000483. The Kier molecular flexibility index (Phi) is 9.55. The first-order valence-electron chi connectivity index (χ1n) is 6.41. The second kappa shape index (κ2) is 10.1. The molecule has 0 radical (unpaired) electrons. The van der Waals surface area contributed by atoms with E-state index in [9.17, 15) is 35.5 Å². The summed E-state index contributed by atoms with van der Waals surface area (Å²) in [7, 11) is -8.98. The summed E-state index contributed by atoms with van der Waals surface area (Å²) in [6.07, 6.45) is 0. The van der Waals surface area contributed by atoms with Crippen molar-refractivity contribution in [2.24, 2.45) is 0 Å². The topological polar surface area (TPSA) is 189 Å². The predicted octanol–water partition coefficient (Wildman–Crippen LogP) is 0.197. The van der Waals surface area contributed by atoms with E-state index >= 15 is 0 Å². The molecule has 0 bridgehead atoms. The molecule has 0 unspecified atom stereocenters. The Hall–Kier alpha value is -1.54. The average Bonchev–Trinajstić information content (AvgIpc) is 2.54. The molecule has 0 aromatic heterocycles. The minimum atomic E-state index is -4.49. The summed E-state index contributed by atoms with van der Waals surface area (Å²) in [6, 6.07) is 8.11. The van der Waals surface area contributed by atoms with Gasteiger partial charge in [-0.25, -0.2) is 26.4 Å². The number of hydrogen-bond acceptors (Lipinski definition) is 8. The van der Waals surface area contributed by atoms with E-state index in [0.29, 0.717) is 0 Å². The van der Waals surface area contributed by atoms with Crippen LogP contribution in [0, 0.1) is 0 Å². The molecule has 0 fully saturated rings. The molecule has 0 amide bonds. The van der Waals surface area contributed by atoms with Gasteiger partial charge in [0.25, 0.3) is 0 Å². The summed E-state index contributed by atoms with van der Waals surface area (Å²) in [6.45, 7) is 0. The number of hydrogen-bond donors (Lipinski definition) is 2. The fraction of sp³-hybridized carbons (Fsp3) is 0. The first-order chi connectivity index (χ1) is 11.8. The molecular weight excluding hydrogens is 432 g/mol. The van der Waals surface area contributed by atoms with Gasteiger partial charge in [-0.05, 0) is 48.5 Å². The standard InChI is InChI=1S/2C7H6O5S.Ca/c2*8-7(9)5-1-3-6(4-2-5)13(10,11)12;/h2*1-4H,(H,8,9)(H,10,11,12);/q;;+2/p-2. The van der Waals surface area contributed by atoms with E-state index in [1.165, 1.54) is 0 Å². The van der Waals surface area contributed by atoms with E-state index in [4.69, 9.17) is 10.2 Å². The fourth-order valence-electron chi connectivity index (χ4n) is 1.53. The molecule has 140 valence electrons. The SMILES string of the molecule is O=C(O)c1ccc(S(=O)(=O)[O-])cc1.O=C(O)c1ccc(S(=O)(=O)[O-])cc1.[Ca+2]. The Morgan fingerprint density at radius 1 is 0.630 bits per heavy atom. The van der Waals surface area contributed by atoms with Crippen LogP contribution in [0.15, 0.2) is 58.3 Å². The second-order valence-electron chi connectivity index (χ2n) is 4.57. The van der Waals surface area contributed by atoms with Crippen LogP contribution in [0.25, 0.3) is 0 Å². The van der Waals surface area contributed by atoms with Gasteiger partial charge in [0.1, 0.15) is 20.2 Å². The van der Waals surface area contributed by atoms with E-state index in [2.05, 4.69) is 0 Å². The molecule has 0 heterocycles. The van der Waals surface area contributed by atoms with Crippen molar-refractivity contribution in [3.05, 3.63) is 59.7 Å². The molecule has 2 rings (SSSR count). The van der Waals surface area contributed by atoms with Crippen molar-refractivity contribution in [3.63, 3.8) is 0 Å². The largest absolute Gasteiger partial charge is 2.00 e. The molecule has 0 aliphatic carbocycles. The molecule has 10 nitrogen and oxygen atoms in total. The van der Waals surface area contributed by atoms with Crippen LogP contribution in [0.5, 0.6) is 0 Å². The first-order valence-corrected chi connectivity index (χ1v) is 9.22. The van der Waals surface area contributed by atoms with Crippen LogP contribution < -0.4 is 0 Å². The van der Waals surface area contributed by atoms with Gasteiger partial charge < -0.3 is 19.3 Å². The van der Waals surface area contributed by atoms with Gasteiger partial charge in [-0.3, -0.25) is 0 Å². The van der Waals surface area contributed by atoms with Gasteiger partial charge in [-0.2, -0.15) is 0 Å². The van der Waals surface area contributed by atoms with Crippen molar-refractivity contribution in [3.8, 4) is 0 Å². The molecule has 27 heavy (non-hydrogen) atoms. The number of aromatic carboxylic acids is 2. The average molecular weight is 442 g/mol. The zero-order chi connectivity index (χ0) is 20.1. The van der Waals surface area contributed by atoms with Gasteiger partial charge in [-0.1, -0.05) is 0 Å². The summed E-state index contributed by atoms with van der Waals surface area (Å²) in [5.74, 6) is -2.34. The van der Waals surface area contributed by atoms with E-state index < -0.39 is 42.0 Å². The molecular formula is C14H10CaO10S2. The van der Waals surface area contributed by atoms with Gasteiger partial charge in [0.05, 0.1) is 20.9 Å². The number of carboxylic acids is 2. The number of carboxylic acid groups (broad SMARTS) is 2. The van der Waals surface area contributed by atoms with Crippen molar-refractivity contribution >= 4 is 69.9 Å². The summed E-state index contributed by atoms with van der Waals surface area (Å²) >= 11 is 0. The third kappa shape index (κ3) is 8.34. The predicted molar refractivity (Wildman–Crippen MR) is 88.5 cm³/mol. The van der Waals surface area contributed by atoms with E-state index in [-0.39, 0.29) is 48.9 Å². The van der Waals surface area contributed by atoms with Crippen LogP contribution in [0.3, 0.4) is 0 Å². The molecule has 0 saturated heterocycles. The molecule has 13 heteroatoms. The summed E-state index contributed by atoms with van der Waals surface area (Å²) < 4.78 is 62.5. The number of benzene rings is 2. The summed E-state index contributed by atoms with van der Waals surface area (Å²) in [5, 5.41) is 16.9. The van der Waals surface area contributed by atoms with Crippen molar-refractivity contribution < 1.29 is 45.7 Å². The monoisotopic (exact) mass is 442 g/mol. The molecule has 2 N–H and O–H groups in total. The molecule has 2 aromatic carbocycles. The quantitative estimate of drug-likeness (QED) is 0.488. The molecule has 0 atom stereocenters. The number of rotatable bonds is 4. The molecule has 0 aliphatic heterocycles. The van der Waals surface area contributed by atoms with E-state index in [0.717, 1.165) is 48.5 Å². The Labute approximate surface area is 184 Å². The Morgan fingerprint density at radius 3 is 1.00 bits per heavy atom. The summed E-state index contributed by atoms with van der Waals surface area (Å²) in [5.41, 5.74) is -0.125. The smallest absolute Gasteiger partial charge is 0.744 e. The van der Waals surface area contributed by atoms with Crippen LogP contribution in [-0.4, -0.2) is 85.8 Å². The van der Waals surface area contributed by atoms with Crippen molar-refractivity contribution in [1.82, 2.24) is 0 Å².